The number of aromatic nitrogens is 1. The number of anilines is 2. The molecule has 1 unspecified atom stereocenters. The quantitative estimate of drug-likeness (QED) is 0.847. The van der Waals surface area contributed by atoms with Crippen molar-refractivity contribution in [3.8, 4) is 0 Å². The average molecular weight is 227 g/mol. The van der Waals surface area contributed by atoms with Crippen LogP contribution in [0.15, 0.2) is 42.6 Å². The number of nitrogens with one attached hydrogen (secondary N) is 1. The van der Waals surface area contributed by atoms with Crippen LogP contribution in [0, 0.1) is 6.92 Å². The second-order valence-corrected chi connectivity index (χ2v) is 4.21. The molecule has 1 aromatic heterocycles. The molecule has 0 fully saturated rings. The number of pyridine rings is 1. The topological polar surface area (TPSA) is 50.9 Å². The lowest BCUT2D eigenvalue weighted by molar-refractivity contribution is 0.883. The van der Waals surface area contributed by atoms with E-state index in [9.17, 15) is 0 Å². The number of nitrogens with zero attached hydrogens (tertiary/aromatic N) is 1. The lowest BCUT2D eigenvalue weighted by Crippen LogP contribution is -2.08. The first-order valence-corrected chi connectivity index (χ1v) is 5.70. The molecule has 0 saturated heterocycles. The van der Waals surface area contributed by atoms with Gasteiger partial charge in [0.1, 0.15) is 5.82 Å². The van der Waals surface area contributed by atoms with Gasteiger partial charge in [-0.05, 0) is 31.5 Å². The van der Waals surface area contributed by atoms with Crippen molar-refractivity contribution in [1.82, 2.24) is 4.98 Å². The van der Waals surface area contributed by atoms with Crippen molar-refractivity contribution >= 4 is 11.5 Å². The highest BCUT2D eigenvalue weighted by Crippen LogP contribution is 2.22. The van der Waals surface area contributed by atoms with E-state index in [0.717, 1.165) is 5.69 Å². The van der Waals surface area contributed by atoms with E-state index >= 15 is 0 Å². The molecule has 0 radical (unpaired) electrons. The molecule has 0 aliphatic carbocycles. The highest BCUT2D eigenvalue weighted by atomic mass is 15.0. The summed E-state index contributed by atoms with van der Waals surface area (Å²) in [5, 5.41) is 3.36. The summed E-state index contributed by atoms with van der Waals surface area (Å²) >= 11 is 0. The maximum absolute atomic E-state index is 5.80. The van der Waals surface area contributed by atoms with Crippen molar-refractivity contribution in [2.75, 3.05) is 11.1 Å². The van der Waals surface area contributed by atoms with Crippen molar-refractivity contribution in [3.63, 3.8) is 0 Å². The highest BCUT2D eigenvalue weighted by molar-refractivity contribution is 5.61. The molecule has 2 aromatic rings. The van der Waals surface area contributed by atoms with Gasteiger partial charge in [-0.1, -0.05) is 29.8 Å². The molecular weight excluding hydrogens is 210 g/mol. The van der Waals surface area contributed by atoms with Gasteiger partial charge >= 0.3 is 0 Å². The number of nitrogens with two attached hydrogens (primary N) is 1. The molecule has 0 saturated carbocycles. The molecule has 0 bridgehead atoms. The van der Waals surface area contributed by atoms with Crippen LogP contribution in [0.3, 0.4) is 0 Å². The zero-order valence-electron chi connectivity index (χ0n) is 10.1. The number of rotatable bonds is 3. The van der Waals surface area contributed by atoms with Gasteiger partial charge in [-0.15, -0.1) is 0 Å². The molecule has 1 heterocycles. The molecule has 3 heteroatoms. The third-order valence-electron chi connectivity index (χ3n) is 2.79. The summed E-state index contributed by atoms with van der Waals surface area (Å²) in [6.07, 6.45) is 1.69. The van der Waals surface area contributed by atoms with Gasteiger partial charge in [0.2, 0.25) is 0 Å². The number of benzene rings is 1. The zero-order chi connectivity index (χ0) is 12.3. The van der Waals surface area contributed by atoms with Crippen LogP contribution in [-0.2, 0) is 0 Å². The Morgan fingerprint density at radius 2 is 1.88 bits per heavy atom. The lowest BCUT2D eigenvalue weighted by Gasteiger charge is -2.16. The minimum Gasteiger partial charge on any atom is -0.382 e. The van der Waals surface area contributed by atoms with Crippen molar-refractivity contribution in [2.24, 2.45) is 0 Å². The van der Waals surface area contributed by atoms with Crippen molar-refractivity contribution in [2.45, 2.75) is 19.9 Å². The van der Waals surface area contributed by atoms with Crippen molar-refractivity contribution in [3.05, 3.63) is 53.7 Å². The van der Waals surface area contributed by atoms with E-state index < -0.39 is 0 Å². The minimum atomic E-state index is 0.210. The zero-order valence-corrected chi connectivity index (χ0v) is 10.1. The Labute approximate surface area is 102 Å². The van der Waals surface area contributed by atoms with Crippen molar-refractivity contribution in [1.29, 1.82) is 0 Å². The van der Waals surface area contributed by atoms with E-state index in [2.05, 4.69) is 48.4 Å². The van der Waals surface area contributed by atoms with Gasteiger partial charge < -0.3 is 11.1 Å². The van der Waals surface area contributed by atoms with Gasteiger partial charge in [0.25, 0.3) is 0 Å². The fraction of sp³-hybridized carbons (Fsp3) is 0.214. The van der Waals surface area contributed by atoms with Gasteiger partial charge in [0, 0.05) is 12.2 Å². The smallest absolute Gasteiger partial charge is 0.146 e. The summed E-state index contributed by atoms with van der Waals surface area (Å²) in [5.41, 5.74) is 9.17. The van der Waals surface area contributed by atoms with E-state index in [0.29, 0.717) is 5.82 Å². The van der Waals surface area contributed by atoms with E-state index in [1.54, 1.807) is 6.20 Å². The molecule has 3 nitrogen and oxygen atoms in total. The van der Waals surface area contributed by atoms with Crippen LogP contribution in [0.5, 0.6) is 0 Å². The Bertz CT molecular complexity index is 491. The molecular formula is C14H17N3. The molecule has 3 N–H and O–H groups in total. The Hall–Kier alpha value is -2.03. The summed E-state index contributed by atoms with van der Waals surface area (Å²) in [5.74, 6) is 0.534. The van der Waals surface area contributed by atoms with E-state index in [-0.39, 0.29) is 6.04 Å². The fourth-order valence-corrected chi connectivity index (χ4v) is 1.71. The number of hydrogen-bond acceptors (Lipinski definition) is 3. The molecule has 0 amide bonds. The standard InChI is InChI=1S/C14H17N3/c1-10-5-7-12(8-6-10)11(2)17-13-4-3-9-16-14(13)15/h3-9,11,17H,1-2H3,(H2,15,16). The molecule has 88 valence electrons. The van der Waals surface area contributed by atoms with Crippen LogP contribution in [-0.4, -0.2) is 4.98 Å². The maximum Gasteiger partial charge on any atom is 0.146 e. The third-order valence-corrected chi connectivity index (χ3v) is 2.79. The van der Waals surface area contributed by atoms with Crippen molar-refractivity contribution < 1.29 is 0 Å². The first-order valence-electron chi connectivity index (χ1n) is 5.70. The highest BCUT2D eigenvalue weighted by Gasteiger charge is 2.06. The average Bonchev–Trinajstić information content (AvgIpc) is 2.33. The van der Waals surface area contributed by atoms with Gasteiger partial charge in [0.05, 0.1) is 5.69 Å². The summed E-state index contributed by atoms with van der Waals surface area (Å²) in [7, 11) is 0. The molecule has 0 spiro atoms. The van der Waals surface area contributed by atoms with Crippen LogP contribution in [0.25, 0.3) is 0 Å². The van der Waals surface area contributed by atoms with Crippen LogP contribution >= 0.6 is 0 Å². The number of aryl methyl sites for hydroxylation is 1. The number of nitrogen functional groups attached to an aromatic ring is 1. The van der Waals surface area contributed by atoms with Gasteiger partial charge in [-0.3, -0.25) is 0 Å². The van der Waals surface area contributed by atoms with Crippen LogP contribution in [0.4, 0.5) is 11.5 Å². The molecule has 0 aliphatic heterocycles. The maximum atomic E-state index is 5.80. The van der Waals surface area contributed by atoms with Gasteiger partial charge in [0.15, 0.2) is 0 Å². The van der Waals surface area contributed by atoms with Crippen LogP contribution in [0.2, 0.25) is 0 Å². The molecule has 1 atom stereocenters. The molecule has 17 heavy (non-hydrogen) atoms. The SMILES string of the molecule is Cc1ccc(C(C)Nc2cccnc2N)cc1. The Morgan fingerprint density at radius 1 is 1.18 bits per heavy atom. The molecule has 1 aromatic carbocycles. The summed E-state index contributed by atoms with van der Waals surface area (Å²) < 4.78 is 0. The molecule has 0 aliphatic rings. The second kappa shape index (κ2) is 4.87. The van der Waals surface area contributed by atoms with E-state index in [1.165, 1.54) is 11.1 Å². The van der Waals surface area contributed by atoms with Crippen LogP contribution < -0.4 is 11.1 Å². The Kier molecular flexibility index (Phi) is 3.28. The van der Waals surface area contributed by atoms with Gasteiger partial charge in [-0.2, -0.15) is 0 Å². The Balaban J connectivity index is 2.14. The van der Waals surface area contributed by atoms with E-state index in [1.807, 2.05) is 12.1 Å². The lowest BCUT2D eigenvalue weighted by atomic mass is 10.1. The monoisotopic (exact) mass is 227 g/mol. The molecule has 2 rings (SSSR count). The van der Waals surface area contributed by atoms with Crippen LogP contribution in [0.1, 0.15) is 24.1 Å². The first kappa shape index (κ1) is 11.5. The predicted molar refractivity (Wildman–Crippen MR) is 71.9 cm³/mol. The third kappa shape index (κ3) is 2.75. The predicted octanol–water partition coefficient (Wildman–Crippen LogP) is 3.15. The minimum absolute atomic E-state index is 0.210. The fourth-order valence-electron chi connectivity index (χ4n) is 1.71. The summed E-state index contributed by atoms with van der Waals surface area (Å²) in [6, 6.07) is 12.5. The largest absolute Gasteiger partial charge is 0.382 e. The number of hydrogen-bond donors (Lipinski definition) is 2. The van der Waals surface area contributed by atoms with E-state index in [4.69, 9.17) is 5.73 Å². The van der Waals surface area contributed by atoms with Gasteiger partial charge in [-0.25, -0.2) is 4.98 Å². The second-order valence-electron chi connectivity index (χ2n) is 4.21. The summed E-state index contributed by atoms with van der Waals surface area (Å²) in [6.45, 7) is 4.19. The summed E-state index contributed by atoms with van der Waals surface area (Å²) in [4.78, 5) is 4.06. The normalized spacial score (nSPS) is 12.1. The first-order chi connectivity index (χ1) is 8.16. The Morgan fingerprint density at radius 3 is 2.53 bits per heavy atom.